The number of halogens is 30. The van der Waals surface area contributed by atoms with E-state index in [1.54, 1.807) is 138 Å². The molecule has 0 aromatic rings. The molecule has 0 aromatic heterocycles. The second-order valence-corrected chi connectivity index (χ2v) is 49.2. The van der Waals surface area contributed by atoms with Crippen LogP contribution in [-0.2, 0) is 0 Å². The van der Waals surface area contributed by atoms with Gasteiger partial charge in [-0.15, -0.1) is 0 Å². The van der Waals surface area contributed by atoms with E-state index in [1.807, 2.05) is 83.1 Å². The average molecular weight is 1990 g/mol. The summed E-state index contributed by atoms with van der Waals surface area (Å²) in [7, 11) is 0. The molecule has 4 unspecified atom stereocenters. The number of hydrogen-bond acceptors (Lipinski definition) is 0. The smallest absolute Gasteiger partial charge is 0.171 e. The zero-order chi connectivity index (χ0) is 112. The standard InChI is InChI=1S/C11H21F3.C10H19F3.C10H22.C9H17F3.C9H20.4C8H15F3.3C7H13F3/c1-8(2,3)9(4,5)10(6,7)11(12,13)14;1-7(8(2,3)4)9(5,6)10(11,12)13;1-8(2)10(6,7)9(3,4)5;1-6(2)8(4,5)7(3)9(10,11)12;1-7(2)8(3)9(4,5)6;2*1-6(2,3)7(4,5)8(9,10)11;2*1-5(2)6(3)7(4)8(9,10)11;1-4-6(2,3)5-7(8,9)10;1-4-5(2)6(3)7(8,9)10;1-3-6(4-2)5-7(8,9)10/h1-7H3;7H,1-6H3;8H,1-7H3;6-7H,1-5H3;7-8H,1-6H3;2*1-5H3;2*5-7H,1-4H3;4-5H2,1-3H3;5-6H,4H2,1-3H3;6H,3-5H2,1-2H3/t;7-;;;8-;;;2*6-,7?;;5?,6-;/m.1..1..11.1./s1. The van der Waals surface area contributed by atoms with Crippen LogP contribution in [0.4, 0.5) is 132 Å². The minimum atomic E-state index is -4.16. The molecule has 0 radical (unpaired) electrons. The largest absolute Gasteiger partial charge is 0.394 e. The lowest BCUT2D eigenvalue weighted by molar-refractivity contribution is -0.263. The zero-order valence-corrected chi connectivity index (χ0v) is 93.2. The second kappa shape index (κ2) is 56.7. The van der Waals surface area contributed by atoms with Gasteiger partial charge in [-0.3, -0.25) is 0 Å². The van der Waals surface area contributed by atoms with Crippen LogP contribution in [0.1, 0.15) is 433 Å². The van der Waals surface area contributed by atoms with E-state index >= 15 is 0 Å². The SMILES string of the molecule is CC(C)(C)C(C)(C)C(C)(C)C(F)(F)F.CC(C)(C)C(C)(C)C(F)(F)F.CC(C)(C)C(C)(C)C(F)(F)F.CC(C)C(C)(C)C(C)(C)C.CC(C)C(C)(C)C(C)C(F)(F)F.CC(C)[C@@H](C)C(C)(C)C.CC(C)[C@@H](C)C(C)C(F)(F)F.CC(C)[C@@H](C)C(C)C(F)(F)F.CCC(C)(C)CC(F)(F)F.CCC(C)[C@@H](C)C(F)(F)F.CCC(CC)CC(F)(F)F.C[C@H](C(C)(C)C)C(C)(C)C(F)(F)F. The van der Waals surface area contributed by atoms with Gasteiger partial charge < -0.3 is 0 Å². The van der Waals surface area contributed by atoms with Gasteiger partial charge in [0.25, 0.3) is 0 Å². The van der Waals surface area contributed by atoms with E-state index < -0.39 is 153 Å². The van der Waals surface area contributed by atoms with E-state index in [0.717, 1.165) is 17.8 Å². The summed E-state index contributed by atoms with van der Waals surface area (Å²) in [5.41, 5.74) is -9.50. The summed E-state index contributed by atoms with van der Waals surface area (Å²) < 4.78 is 366. The molecule has 0 aromatic carbocycles. The fraction of sp³-hybridized carbons (Fsp3) is 1.00. The van der Waals surface area contributed by atoms with Crippen LogP contribution < -0.4 is 0 Å². The molecule has 132 heavy (non-hydrogen) atoms. The molecule has 0 aliphatic rings. The molecule has 0 aliphatic carbocycles. The summed E-state index contributed by atoms with van der Waals surface area (Å²) in [6.45, 7) is 100. The molecule has 0 N–H and O–H groups in total. The van der Waals surface area contributed by atoms with Crippen molar-refractivity contribution in [3.8, 4) is 0 Å². The van der Waals surface area contributed by atoms with Crippen molar-refractivity contribution in [2.75, 3.05) is 0 Å². The monoisotopic (exact) mass is 1990 g/mol. The van der Waals surface area contributed by atoms with E-state index in [4.69, 9.17) is 0 Å². The van der Waals surface area contributed by atoms with Gasteiger partial charge in [0, 0.05) is 12.8 Å². The van der Waals surface area contributed by atoms with Gasteiger partial charge in [0.05, 0.1) is 45.3 Å². The third kappa shape index (κ3) is 61.6. The minimum Gasteiger partial charge on any atom is -0.171 e. The molecule has 0 rings (SSSR count). The first-order chi connectivity index (χ1) is 56.0. The summed E-state index contributed by atoms with van der Waals surface area (Å²) in [6, 6.07) is 0. The Morgan fingerprint density at radius 2 is 0.477 bits per heavy atom. The van der Waals surface area contributed by atoms with Crippen molar-refractivity contribution in [2.24, 2.45) is 165 Å². The first kappa shape index (κ1) is 155. The van der Waals surface area contributed by atoms with Crippen molar-refractivity contribution in [2.45, 2.75) is 495 Å². The lowest BCUT2D eigenvalue weighted by Crippen LogP contribution is -2.51. The Bertz CT molecular complexity index is 2750. The van der Waals surface area contributed by atoms with Crippen molar-refractivity contribution >= 4 is 0 Å². The Kier molecular flexibility index (Phi) is 66.7. The highest BCUT2D eigenvalue weighted by Crippen LogP contribution is 2.59. The van der Waals surface area contributed by atoms with Crippen molar-refractivity contribution < 1.29 is 132 Å². The van der Waals surface area contributed by atoms with Crippen molar-refractivity contribution in [3.05, 3.63) is 0 Å². The predicted octanol–water partition coefficient (Wildman–Crippen LogP) is 44.0. The van der Waals surface area contributed by atoms with Gasteiger partial charge in [0.2, 0.25) is 0 Å². The Labute approximate surface area is 788 Å². The van der Waals surface area contributed by atoms with Crippen LogP contribution in [0.2, 0.25) is 0 Å². The van der Waals surface area contributed by atoms with Gasteiger partial charge in [0.1, 0.15) is 0 Å². The van der Waals surface area contributed by atoms with Crippen LogP contribution in [-0.4, -0.2) is 61.8 Å². The molecular weight excluding hydrogens is 1800 g/mol. The van der Waals surface area contributed by atoms with E-state index in [0.29, 0.717) is 41.9 Å². The molecule has 0 fully saturated rings. The number of rotatable bonds is 17. The summed E-state index contributed by atoms with van der Waals surface area (Å²) in [6.07, 6.45) is -39.6. The van der Waals surface area contributed by atoms with E-state index in [-0.39, 0.29) is 52.3 Å². The van der Waals surface area contributed by atoms with Crippen LogP contribution in [0.5, 0.6) is 0 Å². The minimum absolute atomic E-state index is 0.0362. The third-order valence-electron chi connectivity index (χ3n) is 31.3. The molecule has 0 spiro atoms. The van der Waals surface area contributed by atoms with Crippen LogP contribution in [0.25, 0.3) is 0 Å². The first-order valence-corrected chi connectivity index (χ1v) is 46.7. The Balaban J connectivity index is -0.000000119. The molecule has 30 heteroatoms. The Morgan fingerprint density at radius 3 is 0.530 bits per heavy atom. The van der Waals surface area contributed by atoms with Crippen LogP contribution in [0, 0.1) is 165 Å². The molecule has 0 heterocycles. The molecule has 0 saturated heterocycles. The Hall–Kier alpha value is -2.10. The summed E-state index contributed by atoms with van der Waals surface area (Å²) in [4.78, 5) is 0. The quantitative estimate of drug-likeness (QED) is 0.127. The molecule has 0 amide bonds. The predicted molar refractivity (Wildman–Crippen MR) is 498 cm³/mol. The molecule has 0 bridgehead atoms. The topological polar surface area (TPSA) is 0 Å². The van der Waals surface area contributed by atoms with Gasteiger partial charge in [0.15, 0.2) is 0 Å². The fourth-order valence-electron chi connectivity index (χ4n) is 10.3. The molecule has 0 nitrogen and oxygen atoms in total. The Morgan fingerprint density at radius 1 is 0.220 bits per heavy atom. The molecular formula is C102H198F30. The zero-order valence-electron chi connectivity index (χ0n) is 93.2. The first-order valence-electron chi connectivity index (χ1n) is 46.7. The van der Waals surface area contributed by atoms with E-state index in [9.17, 15) is 132 Å². The van der Waals surface area contributed by atoms with Crippen LogP contribution in [0.3, 0.4) is 0 Å². The molecule has 816 valence electrons. The maximum absolute atomic E-state index is 12.9. The highest BCUT2D eigenvalue weighted by atomic mass is 19.4. The molecule has 0 saturated carbocycles. The summed E-state index contributed by atoms with van der Waals surface area (Å²) in [5, 5.41) is 0. The van der Waals surface area contributed by atoms with Gasteiger partial charge in [-0.2, -0.15) is 132 Å². The number of alkyl halides is 30. The van der Waals surface area contributed by atoms with Crippen LogP contribution in [0.15, 0.2) is 0 Å². The average Bonchev–Trinajstić information content (AvgIpc) is 0.754. The van der Waals surface area contributed by atoms with Crippen molar-refractivity contribution in [3.63, 3.8) is 0 Å². The highest BCUT2D eigenvalue weighted by Gasteiger charge is 2.61. The van der Waals surface area contributed by atoms with E-state index in [1.165, 1.54) is 83.1 Å². The van der Waals surface area contributed by atoms with E-state index in [2.05, 4.69) is 90.0 Å². The third-order valence-corrected chi connectivity index (χ3v) is 31.3. The maximum Gasteiger partial charge on any atom is 0.394 e. The van der Waals surface area contributed by atoms with Gasteiger partial charge in [-0.25, -0.2) is 0 Å². The fourth-order valence-corrected chi connectivity index (χ4v) is 10.3. The lowest BCUT2D eigenvalue weighted by Gasteiger charge is -2.51. The molecule has 9 atom stereocenters. The van der Waals surface area contributed by atoms with Crippen molar-refractivity contribution in [1.29, 1.82) is 0 Å². The molecule has 0 aliphatic heterocycles. The highest BCUT2D eigenvalue weighted by molar-refractivity contribution is 4.98. The number of hydrogen-bond donors (Lipinski definition) is 0. The van der Waals surface area contributed by atoms with Gasteiger partial charge in [-0.1, -0.05) is 420 Å². The van der Waals surface area contributed by atoms with Gasteiger partial charge >= 0.3 is 61.8 Å². The normalized spacial score (nSPS) is 16.2. The summed E-state index contributed by atoms with van der Waals surface area (Å²) in [5.74, 6) is -3.64. The van der Waals surface area contributed by atoms with Gasteiger partial charge in [-0.05, 0) is 119 Å². The van der Waals surface area contributed by atoms with Crippen molar-refractivity contribution in [1.82, 2.24) is 0 Å². The summed E-state index contributed by atoms with van der Waals surface area (Å²) >= 11 is 0. The maximum atomic E-state index is 12.9. The lowest BCUT2D eigenvalue weighted by atomic mass is 9.55. The van der Waals surface area contributed by atoms with Crippen LogP contribution >= 0.6 is 0 Å². The second-order valence-electron chi connectivity index (χ2n) is 49.2.